The molecule has 1 rings (SSSR count). The summed E-state index contributed by atoms with van der Waals surface area (Å²) < 4.78 is 17.5. The van der Waals surface area contributed by atoms with Crippen molar-refractivity contribution in [1.29, 1.82) is 0 Å². The van der Waals surface area contributed by atoms with Crippen molar-refractivity contribution in [2.75, 3.05) is 7.05 Å². The Labute approximate surface area is 205 Å². The smallest absolute Gasteiger partial charge is 0.410 e. The van der Waals surface area contributed by atoms with Crippen LogP contribution in [0.25, 0.3) is 0 Å². The van der Waals surface area contributed by atoms with Gasteiger partial charge >= 0.3 is 12.1 Å². The molecule has 0 fully saturated rings. The van der Waals surface area contributed by atoms with Crippen LogP contribution in [0.4, 0.5) is 4.79 Å². The number of rotatable bonds is 9. The molecule has 1 aromatic heterocycles. The standard InChI is InChI=1S/C24H44N2O5SSi/c1-16(2)19(26(10)22(28)31-23(4,5)6)13-20(30-17(3)27)21-25-18(15-32-21)14-29-33(11,12)24(7,8)9/h15-16,19-20H,13-14H2,1-12H3/t19?,20-/m1/s1. The number of amides is 1. The molecule has 0 radical (unpaired) electrons. The minimum Gasteiger partial charge on any atom is -0.455 e. The third-order valence-electron chi connectivity index (χ3n) is 5.94. The maximum absolute atomic E-state index is 12.7. The van der Waals surface area contributed by atoms with Gasteiger partial charge in [0.2, 0.25) is 0 Å². The van der Waals surface area contributed by atoms with Gasteiger partial charge in [-0.2, -0.15) is 0 Å². The second-order valence-corrected chi connectivity index (χ2v) is 17.2. The van der Waals surface area contributed by atoms with E-state index < -0.39 is 26.1 Å². The summed E-state index contributed by atoms with van der Waals surface area (Å²) in [5.74, 6) is -0.251. The van der Waals surface area contributed by atoms with Crippen LogP contribution in [-0.4, -0.2) is 49.0 Å². The maximum atomic E-state index is 12.7. The van der Waals surface area contributed by atoms with Gasteiger partial charge in [0.25, 0.3) is 0 Å². The normalized spacial score (nSPS) is 14.7. The monoisotopic (exact) mass is 500 g/mol. The molecule has 0 aromatic carbocycles. The van der Waals surface area contributed by atoms with Crippen molar-refractivity contribution in [3.8, 4) is 0 Å². The van der Waals surface area contributed by atoms with E-state index in [4.69, 9.17) is 18.9 Å². The van der Waals surface area contributed by atoms with E-state index in [1.807, 2.05) is 40.0 Å². The molecule has 1 heterocycles. The van der Waals surface area contributed by atoms with Gasteiger partial charge in [0.05, 0.1) is 12.3 Å². The molecule has 0 aliphatic rings. The topological polar surface area (TPSA) is 78.0 Å². The molecule has 0 aliphatic heterocycles. The van der Waals surface area contributed by atoms with Crippen molar-refractivity contribution >= 4 is 31.7 Å². The molecular weight excluding hydrogens is 456 g/mol. The molecule has 1 amide bonds. The Kier molecular flexibility index (Phi) is 10.1. The Balaban J connectivity index is 3.05. The first-order valence-corrected chi connectivity index (χ1v) is 15.3. The molecule has 190 valence electrons. The highest BCUT2D eigenvalue weighted by Gasteiger charge is 2.37. The third kappa shape index (κ3) is 9.37. The Bertz CT molecular complexity index is 796. The van der Waals surface area contributed by atoms with E-state index in [1.165, 1.54) is 18.3 Å². The van der Waals surface area contributed by atoms with Crippen LogP contribution in [0.2, 0.25) is 18.1 Å². The summed E-state index contributed by atoms with van der Waals surface area (Å²) in [6.45, 7) is 22.5. The van der Waals surface area contributed by atoms with E-state index in [0.29, 0.717) is 18.0 Å². The van der Waals surface area contributed by atoms with Crippen LogP contribution in [0, 0.1) is 5.92 Å². The molecule has 0 bridgehead atoms. The number of ether oxygens (including phenoxy) is 2. The Morgan fingerprint density at radius 2 is 1.73 bits per heavy atom. The summed E-state index contributed by atoms with van der Waals surface area (Å²) >= 11 is 1.45. The molecule has 1 unspecified atom stereocenters. The SMILES string of the molecule is CC(=O)O[C@H](CC(C(C)C)N(C)C(=O)OC(C)(C)C)c1nc(CO[Si](C)(C)C(C)(C)C)cs1. The van der Waals surface area contributed by atoms with E-state index in [0.717, 1.165) is 5.69 Å². The van der Waals surface area contributed by atoms with Gasteiger partial charge in [0, 0.05) is 31.8 Å². The first kappa shape index (κ1) is 29.6. The largest absolute Gasteiger partial charge is 0.455 e. The van der Waals surface area contributed by atoms with Gasteiger partial charge in [-0.1, -0.05) is 34.6 Å². The van der Waals surface area contributed by atoms with Crippen molar-refractivity contribution in [3.05, 3.63) is 16.1 Å². The van der Waals surface area contributed by atoms with Crippen molar-refractivity contribution in [2.45, 2.75) is 111 Å². The zero-order valence-corrected chi connectivity index (χ0v) is 24.4. The zero-order chi connectivity index (χ0) is 25.8. The van der Waals surface area contributed by atoms with E-state index in [-0.39, 0.29) is 23.0 Å². The number of esters is 1. The molecule has 9 heteroatoms. The minimum atomic E-state index is -1.90. The lowest BCUT2D eigenvalue weighted by atomic mass is 9.96. The third-order valence-corrected chi connectivity index (χ3v) is 11.4. The molecule has 0 spiro atoms. The van der Waals surface area contributed by atoms with E-state index in [9.17, 15) is 9.59 Å². The van der Waals surface area contributed by atoms with E-state index in [1.54, 1.807) is 11.9 Å². The lowest BCUT2D eigenvalue weighted by Crippen LogP contribution is -2.44. The predicted octanol–water partition coefficient (Wildman–Crippen LogP) is 6.55. The summed E-state index contributed by atoms with van der Waals surface area (Å²) in [6.07, 6.45) is -0.514. The lowest BCUT2D eigenvalue weighted by molar-refractivity contribution is -0.147. The quantitative estimate of drug-likeness (QED) is 0.282. The van der Waals surface area contributed by atoms with Gasteiger partial charge in [-0.25, -0.2) is 9.78 Å². The number of carbonyl (C=O) groups excluding carboxylic acids is 2. The molecule has 0 N–H and O–H groups in total. The predicted molar refractivity (Wildman–Crippen MR) is 136 cm³/mol. The molecule has 0 aliphatic carbocycles. The highest BCUT2D eigenvalue weighted by molar-refractivity contribution is 7.09. The van der Waals surface area contributed by atoms with E-state index in [2.05, 4.69) is 33.9 Å². The van der Waals surface area contributed by atoms with Gasteiger partial charge in [-0.15, -0.1) is 11.3 Å². The van der Waals surface area contributed by atoms with Crippen LogP contribution >= 0.6 is 11.3 Å². The number of hydrogen-bond donors (Lipinski definition) is 0. The second-order valence-electron chi connectivity index (χ2n) is 11.5. The molecule has 1 aromatic rings. The number of carbonyl (C=O) groups is 2. The van der Waals surface area contributed by atoms with Crippen molar-refractivity contribution in [2.24, 2.45) is 5.92 Å². The number of nitrogens with zero attached hydrogens (tertiary/aromatic N) is 2. The zero-order valence-electron chi connectivity index (χ0n) is 22.6. The molecule has 2 atom stereocenters. The van der Waals surface area contributed by atoms with Crippen LogP contribution in [0.5, 0.6) is 0 Å². The van der Waals surface area contributed by atoms with Gasteiger partial charge in [0.1, 0.15) is 10.6 Å². The van der Waals surface area contributed by atoms with Crippen LogP contribution in [0.15, 0.2) is 5.38 Å². The Morgan fingerprint density at radius 1 is 1.15 bits per heavy atom. The fourth-order valence-corrected chi connectivity index (χ4v) is 4.76. The number of thiazole rings is 1. The fourth-order valence-electron chi connectivity index (χ4n) is 2.97. The van der Waals surface area contributed by atoms with Crippen LogP contribution in [0.1, 0.15) is 85.5 Å². The van der Waals surface area contributed by atoms with Crippen molar-refractivity contribution in [3.63, 3.8) is 0 Å². The van der Waals surface area contributed by atoms with E-state index >= 15 is 0 Å². The Hall–Kier alpha value is -1.45. The maximum Gasteiger partial charge on any atom is 0.410 e. The molecule has 7 nitrogen and oxygen atoms in total. The molecular formula is C24H44N2O5SSi. The summed E-state index contributed by atoms with van der Waals surface area (Å²) in [4.78, 5) is 30.9. The number of hydrogen-bond acceptors (Lipinski definition) is 7. The van der Waals surface area contributed by atoms with Gasteiger partial charge in [-0.3, -0.25) is 4.79 Å². The average molecular weight is 501 g/mol. The van der Waals surface area contributed by atoms with Crippen LogP contribution < -0.4 is 0 Å². The van der Waals surface area contributed by atoms with Gasteiger partial charge in [0.15, 0.2) is 14.4 Å². The molecule has 0 saturated heterocycles. The second kappa shape index (κ2) is 11.3. The average Bonchev–Trinajstić information content (AvgIpc) is 3.09. The highest BCUT2D eigenvalue weighted by Crippen LogP contribution is 2.37. The summed E-state index contributed by atoms with van der Waals surface area (Å²) in [6, 6.07) is -0.194. The first-order valence-electron chi connectivity index (χ1n) is 11.6. The summed E-state index contributed by atoms with van der Waals surface area (Å²) in [5.41, 5.74) is 0.245. The summed E-state index contributed by atoms with van der Waals surface area (Å²) in [5, 5.41) is 2.78. The molecule has 0 saturated carbocycles. The Morgan fingerprint density at radius 3 is 2.18 bits per heavy atom. The highest BCUT2D eigenvalue weighted by atomic mass is 32.1. The number of aromatic nitrogens is 1. The van der Waals surface area contributed by atoms with Crippen molar-refractivity contribution in [1.82, 2.24) is 9.88 Å². The molecule has 33 heavy (non-hydrogen) atoms. The van der Waals surface area contributed by atoms with Gasteiger partial charge in [-0.05, 0) is 44.8 Å². The lowest BCUT2D eigenvalue weighted by Gasteiger charge is -2.35. The fraction of sp³-hybridized carbons (Fsp3) is 0.792. The van der Waals surface area contributed by atoms with Gasteiger partial charge < -0.3 is 18.8 Å². The van der Waals surface area contributed by atoms with Crippen LogP contribution in [0.3, 0.4) is 0 Å². The first-order chi connectivity index (χ1) is 14.8. The summed E-state index contributed by atoms with van der Waals surface area (Å²) in [7, 11) is -0.173. The van der Waals surface area contributed by atoms with Crippen molar-refractivity contribution < 1.29 is 23.5 Å². The minimum absolute atomic E-state index is 0.114. The van der Waals surface area contributed by atoms with Crippen LogP contribution in [-0.2, 0) is 25.3 Å².